The number of hydrogen-bond donors (Lipinski definition) is 2. The normalized spacial score (nSPS) is 11.1. The number of rotatable bonds is 5. The first kappa shape index (κ1) is 16.9. The summed E-state index contributed by atoms with van der Waals surface area (Å²) in [5, 5.41) is 2.84. The van der Waals surface area contributed by atoms with E-state index in [9.17, 15) is 12.8 Å². The van der Waals surface area contributed by atoms with Crippen LogP contribution in [-0.2, 0) is 10.0 Å². The van der Waals surface area contributed by atoms with E-state index < -0.39 is 15.8 Å². The standard InChI is InChI=1S/C18H16FN3O2S/c1-13-6-2-5-9-17(13)25(23,24)22-14-10-11-18(20-12-14)21-16-8-4-3-7-15(16)19/h2-12,22H,1H3,(H,20,21). The molecule has 0 aliphatic heterocycles. The smallest absolute Gasteiger partial charge is 0.262 e. The molecule has 7 heteroatoms. The van der Waals surface area contributed by atoms with E-state index in [0.717, 1.165) is 0 Å². The number of aromatic nitrogens is 1. The van der Waals surface area contributed by atoms with Crippen molar-refractivity contribution in [2.45, 2.75) is 11.8 Å². The first-order valence-electron chi connectivity index (χ1n) is 7.52. The fraction of sp³-hybridized carbons (Fsp3) is 0.0556. The lowest BCUT2D eigenvalue weighted by atomic mass is 10.2. The molecule has 0 aliphatic rings. The highest BCUT2D eigenvalue weighted by Gasteiger charge is 2.16. The Morgan fingerprint density at radius 1 is 0.960 bits per heavy atom. The second kappa shape index (κ2) is 6.90. The molecule has 0 saturated carbocycles. The molecular formula is C18H16FN3O2S. The number of nitrogens with one attached hydrogen (secondary N) is 2. The fourth-order valence-electron chi connectivity index (χ4n) is 2.30. The first-order chi connectivity index (χ1) is 12.0. The molecule has 2 N–H and O–H groups in total. The first-order valence-corrected chi connectivity index (χ1v) is 9.00. The number of para-hydroxylation sites is 1. The molecule has 0 saturated heterocycles. The molecule has 0 aliphatic carbocycles. The van der Waals surface area contributed by atoms with Crippen LogP contribution in [0.3, 0.4) is 0 Å². The molecule has 3 aromatic rings. The predicted molar refractivity (Wildman–Crippen MR) is 95.9 cm³/mol. The molecule has 25 heavy (non-hydrogen) atoms. The lowest BCUT2D eigenvalue weighted by molar-refractivity contribution is 0.600. The monoisotopic (exact) mass is 357 g/mol. The van der Waals surface area contributed by atoms with E-state index in [2.05, 4.69) is 15.0 Å². The van der Waals surface area contributed by atoms with Gasteiger partial charge in [0.2, 0.25) is 0 Å². The number of nitrogens with zero attached hydrogens (tertiary/aromatic N) is 1. The maximum absolute atomic E-state index is 13.6. The zero-order chi connectivity index (χ0) is 17.9. The maximum Gasteiger partial charge on any atom is 0.262 e. The van der Waals surface area contributed by atoms with E-state index in [1.54, 1.807) is 61.5 Å². The maximum atomic E-state index is 13.6. The minimum absolute atomic E-state index is 0.212. The van der Waals surface area contributed by atoms with Crippen molar-refractivity contribution < 1.29 is 12.8 Å². The average molecular weight is 357 g/mol. The van der Waals surface area contributed by atoms with Crippen molar-refractivity contribution in [2.24, 2.45) is 0 Å². The summed E-state index contributed by atoms with van der Waals surface area (Å²) in [6.07, 6.45) is 1.37. The summed E-state index contributed by atoms with van der Waals surface area (Å²) in [5.74, 6) is 0.0116. The van der Waals surface area contributed by atoms with Gasteiger partial charge in [-0.05, 0) is 42.8 Å². The average Bonchev–Trinajstić information content (AvgIpc) is 2.58. The van der Waals surface area contributed by atoms with Crippen LogP contribution >= 0.6 is 0 Å². The minimum atomic E-state index is -3.69. The second-order valence-electron chi connectivity index (χ2n) is 5.41. The van der Waals surface area contributed by atoms with Gasteiger partial charge < -0.3 is 5.32 Å². The van der Waals surface area contributed by atoms with Crippen molar-refractivity contribution >= 4 is 27.2 Å². The Kier molecular flexibility index (Phi) is 4.67. The Bertz CT molecular complexity index is 989. The molecule has 0 fully saturated rings. The van der Waals surface area contributed by atoms with Gasteiger partial charge in [0.25, 0.3) is 10.0 Å². The number of aryl methyl sites for hydroxylation is 1. The highest BCUT2D eigenvalue weighted by molar-refractivity contribution is 7.92. The van der Waals surface area contributed by atoms with E-state index in [-0.39, 0.29) is 4.90 Å². The van der Waals surface area contributed by atoms with Crippen molar-refractivity contribution in [3.8, 4) is 0 Å². The van der Waals surface area contributed by atoms with Crippen molar-refractivity contribution in [2.75, 3.05) is 10.0 Å². The van der Waals surface area contributed by atoms with E-state index >= 15 is 0 Å². The van der Waals surface area contributed by atoms with Gasteiger partial charge >= 0.3 is 0 Å². The van der Waals surface area contributed by atoms with Crippen LogP contribution in [0.15, 0.2) is 71.8 Å². The van der Waals surface area contributed by atoms with Crippen LogP contribution in [0, 0.1) is 12.7 Å². The lowest BCUT2D eigenvalue weighted by Gasteiger charge is -2.11. The Hall–Kier alpha value is -2.93. The summed E-state index contributed by atoms with van der Waals surface area (Å²) < 4.78 is 41.0. The number of sulfonamides is 1. The van der Waals surface area contributed by atoms with E-state index in [1.165, 1.54) is 12.3 Å². The predicted octanol–water partition coefficient (Wildman–Crippen LogP) is 4.07. The molecule has 0 unspecified atom stereocenters. The zero-order valence-corrected chi connectivity index (χ0v) is 14.2. The van der Waals surface area contributed by atoms with Crippen molar-refractivity contribution in [3.63, 3.8) is 0 Å². The van der Waals surface area contributed by atoms with E-state index in [4.69, 9.17) is 0 Å². The topological polar surface area (TPSA) is 71.1 Å². The second-order valence-corrected chi connectivity index (χ2v) is 7.06. The molecule has 3 rings (SSSR count). The van der Waals surface area contributed by atoms with Crippen molar-refractivity contribution in [3.05, 3.63) is 78.2 Å². The lowest BCUT2D eigenvalue weighted by Crippen LogP contribution is -2.14. The van der Waals surface area contributed by atoms with Crippen LogP contribution in [0.4, 0.5) is 21.6 Å². The van der Waals surface area contributed by atoms with Crippen LogP contribution < -0.4 is 10.0 Å². The number of halogens is 1. The molecule has 1 aromatic heterocycles. The Morgan fingerprint density at radius 3 is 2.36 bits per heavy atom. The van der Waals surface area contributed by atoms with Crippen LogP contribution in [0.5, 0.6) is 0 Å². The molecule has 128 valence electrons. The van der Waals surface area contributed by atoms with Gasteiger partial charge in [-0.2, -0.15) is 0 Å². The van der Waals surface area contributed by atoms with Gasteiger partial charge in [0.05, 0.1) is 22.5 Å². The summed E-state index contributed by atoms with van der Waals surface area (Å²) >= 11 is 0. The SMILES string of the molecule is Cc1ccccc1S(=O)(=O)Nc1ccc(Nc2ccccc2F)nc1. The van der Waals surface area contributed by atoms with Crippen molar-refractivity contribution in [1.29, 1.82) is 0 Å². The molecule has 5 nitrogen and oxygen atoms in total. The summed E-state index contributed by atoms with van der Waals surface area (Å²) in [4.78, 5) is 4.32. The van der Waals surface area contributed by atoms with Gasteiger partial charge in [-0.3, -0.25) is 4.72 Å². The molecule has 2 aromatic carbocycles. The Morgan fingerprint density at radius 2 is 1.68 bits per heavy atom. The van der Waals surface area contributed by atoms with Gasteiger partial charge in [0.1, 0.15) is 11.6 Å². The summed E-state index contributed by atoms with van der Waals surface area (Å²) in [6, 6.07) is 16.1. The van der Waals surface area contributed by atoms with Crippen LogP contribution in [0.1, 0.15) is 5.56 Å². The molecular weight excluding hydrogens is 341 g/mol. The zero-order valence-electron chi connectivity index (χ0n) is 13.4. The summed E-state index contributed by atoms with van der Waals surface area (Å²) in [6.45, 7) is 1.73. The Balaban J connectivity index is 1.77. The molecule has 0 amide bonds. The summed E-state index contributed by atoms with van der Waals surface area (Å²) in [7, 11) is -3.69. The van der Waals surface area contributed by atoms with E-state index in [1.807, 2.05) is 0 Å². The number of pyridine rings is 1. The number of anilines is 3. The van der Waals surface area contributed by atoms with Gasteiger partial charge in [-0.15, -0.1) is 0 Å². The minimum Gasteiger partial charge on any atom is -0.338 e. The largest absolute Gasteiger partial charge is 0.338 e. The Labute approximate surface area is 145 Å². The van der Waals surface area contributed by atoms with Crippen LogP contribution in [0.2, 0.25) is 0 Å². The van der Waals surface area contributed by atoms with Crippen LogP contribution in [0.25, 0.3) is 0 Å². The molecule has 0 spiro atoms. The summed E-state index contributed by atoms with van der Waals surface area (Å²) in [5.41, 5.74) is 1.27. The van der Waals surface area contributed by atoms with E-state index in [0.29, 0.717) is 22.8 Å². The number of benzene rings is 2. The quantitative estimate of drug-likeness (QED) is 0.722. The molecule has 1 heterocycles. The number of hydrogen-bond acceptors (Lipinski definition) is 4. The van der Waals surface area contributed by atoms with Gasteiger partial charge in [-0.25, -0.2) is 17.8 Å². The molecule has 0 radical (unpaired) electrons. The van der Waals surface area contributed by atoms with Crippen LogP contribution in [-0.4, -0.2) is 13.4 Å². The highest BCUT2D eigenvalue weighted by atomic mass is 32.2. The van der Waals surface area contributed by atoms with Crippen molar-refractivity contribution in [1.82, 2.24) is 4.98 Å². The van der Waals surface area contributed by atoms with Gasteiger partial charge in [0, 0.05) is 0 Å². The third-order valence-electron chi connectivity index (χ3n) is 3.54. The highest BCUT2D eigenvalue weighted by Crippen LogP contribution is 2.21. The molecule has 0 bridgehead atoms. The fourth-order valence-corrected chi connectivity index (χ4v) is 3.59. The van der Waals surface area contributed by atoms with Gasteiger partial charge in [-0.1, -0.05) is 30.3 Å². The van der Waals surface area contributed by atoms with Gasteiger partial charge in [0.15, 0.2) is 0 Å². The molecule has 0 atom stereocenters. The third kappa shape index (κ3) is 3.95. The third-order valence-corrected chi connectivity index (χ3v) is 5.08.